The highest BCUT2D eigenvalue weighted by atomic mass is 15.5. The van der Waals surface area contributed by atoms with Crippen LogP contribution in [0.4, 0.5) is 5.69 Å². The number of hydrogen-bond acceptors (Lipinski definition) is 6. The second-order valence-electron chi connectivity index (χ2n) is 12.5. The molecule has 0 unspecified atom stereocenters. The highest BCUT2D eigenvalue weighted by Gasteiger charge is 2.46. The molecule has 1 aromatic heterocycles. The van der Waals surface area contributed by atoms with Crippen molar-refractivity contribution in [3.63, 3.8) is 0 Å². The van der Waals surface area contributed by atoms with Crippen LogP contribution in [0.1, 0.15) is 95.3 Å². The maximum absolute atomic E-state index is 4.29. The maximum Gasteiger partial charge on any atom is 0.165 e. The average molecular weight is 490 g/mol. The number of aromatic amines is 1. The number of piperidine rings is 2. The van der Waals surface area contributed by atoms with Crippen LogP contribution < -0.4 is 4.90 Å². The largest absolute Gasteiger partial charge is 0.355 e. The van der Waals surface area contributed by atoms with Crippen LogP contribution in [0, 0.1) is 11.8 Å². The standard InChI is InChI=1S/C29H43N7/c1-2-9-23(10-3-1)35(20-34-14-6-13-28(34)29-30-32-33-31-29)26-18-24-11-5-12-25(19-26)36(24)27-16-21-7-4-8-22(15-21)17-27/h1-3,9-10,21-22,24-28H,4-8,11-20H2,(H,30,31,32,33)/t21-,22+,24-,25+,26+,27+,28-/m0/s1. The average Bonchev–Trinajstić information content (AvgIpc) is 3.59. The summed E-state index contributed by atoms with van der Waals surface area (Å²) in [6, 6.07) is 14.5. The molecule has 3 aliphatic heterocycles. The van der Waals surface area contributed by atoms with Crippen molar-refractivity contribution in [2.24, 2.45) is 11.8 Å². The van der Waals surface area contributed by atoms with Gasteiger partial charge in [-0.15, -0.1) is 5.10 Å². The van der Waals surface area contributed by atoms with E-state index >= 15 is 0 Å². The third-order valence-electron chi connectivity index (χ3n) is 10.4. The summed E-state index contributed by atoms with van der Waals surface area (Å²) in [6.07, 6.45) is 18.2. The molecule has 7 nitrogen and oxygen atoms in total. The summed E-state index contributed by atoms with van der Waals surface area (Å²) in [5.74, 6) is 2.95. The van der Waals surface area contributed by atoms with Crippen LogP contribution >= 0.6 is 0 Å². The fourth-order valence-corrected chi connectivity index (χ4v) is 9.02. The number of anilines is 1. The van der Waals surface area contributed by atoms with E-state index in [4.69, 9.17) is 0 Å². The van der Waals surface area contributed by atoms with E-state index in [2.05, 4.69) is 65.7 Å². The van der Waals surface area contributed by atoms with Gasteiger partial charge >= 0.3 is 0 Å². The zero-order valence-corrected chi connectivity index (χ0v) is 21.7. The number of hydrogen-bond donors (Lipinski definition) is 1. The van der Waals surface area contributed by atoms with E-state index < -0.39 is 0 Å². The van der Waals surface area contributed by atoms with Crippen molar-refractivity contribution >= 4 is 5.69 Å². The molecule has 0 spiro atoms. The highest BCUT2D eigenvalue weighted by Crippen LogP contribution is 2.46. The van der Waals surface area contributed by atoms with Crippen molar-refractivity contribution in [1.29, 1.82) is 0 Å². The molecule has 36 heavy (non-hydrogen) atoms. The Hall–Kier alpha value is -1.99. The van der Waals surface area contributed by atoms with Gasteiger partial charge in [0.15, 0.2) is 5.82 Å². The molecule has 7 rings (SSSR count). The molecule has 5 fully saturated rings. The number of benzene rings is 1. The molecule has 2 saturated carbocycles. The van der Waals surface area contributed by atoms with Gasteiger partial charge in [-0.05, 0) is 92.2 Å². The second-order valence-corrected chi connectivity index (χ2v) is 12.5. The lowest BCUT2D eigenvalue weighted by Gasteiger charge is -2.57. The number of nitrogens with zero attached hydrogens (tertiary/aromatic N) is 6. The minimum atomic E-state index is 0.299. The summed E-state index contributed by atoms with van der Waals surface area (Å²) >= 11 is 0. The van der Waals surface area contributed by atoms with Crippen LogP contribution in [-0.4, -0.2) is 67.8 Å². The smallest absolute Gasteiger partial charge is 0.165 e. The molecule has 7 atom stereocenters. The molecule has 4 bridgehead atoms. The van der Waals surface area contributed by atoms with Gasteiger partial charge in [-0.2, -0.15) is 0 Å². The number of aromatic nitrogens is 4. The van der Waals surface area contributed by atoms with Gasteiger partial charge < -0.3 is 4.90 Å². The lowest BCUT2D eigenvalue weighted by atomic mass is 9.68. The molecule has 4 heterocycles. The van der Waals surface area contributed by atoms with Crippen molar-refractivity contribution in [3.8, 4) is 0 Å². The third-order valence-corrected chi connectivity index (χ3v) is 10.4. The van der Waals surface area contributed by atoms with Gasteiger partial charge in [-0.1, -0.05) is 43.9 Å². The number of H-pyrrole nitrogens is 1. The fourth-order valence-electron chi connectivity index (χ4n) is 9.02. The van der Waals surface area contributed by atoms with Crippen molar-refractivity contribution in [3.05, 3.63) is 36.2 Å². The quantitative estimate of drug-likeness (QED) is 0.605. The summed E-state index contributed by atoms with van der Waals surface area (Å²) in [7, 11) is 0. The summed E-state index contributed by atoms with van der Waals surface area (Å²) in [5, 5.41) is 15.1. The summed E-state index contributed by atoms with van der Waals surface area (Å²) < 4.78 is 0. The second kappa shape index (κ2) is 10.1. The first-order chi connectivity index (χ1) is 17.8. The van der Waals surface area contributed by atoms with E-state index in [1.165, 1.54) is 82.7 Å². The predicted molar refractivity (Wildman–Crippen MR) is 141 cm³/mol. The first kappa shape index (κ1) is 23.2. The number of fused-ring (bicyclic) bond motifs is 4. The predicted octanol–water partition coefficient (Wildman–Crippen LogP) is 5.16. The molecule has 3 saturated heterocycles. The van der Waals surface area contributed by atoms with Crippen molar-refractivity contribution in [2.75, 3.05) is 18.1 Å². The lowest BCUT2D eigenvalue weighted by molar-refractivity contribution is -0.0418. The van der Waals surface area contributed by atoms with E-state index in [-0.39, 0.29) is 0 Å². The van der Waals surface area contributed by atoms with Crippen molar-refractivity contribution < 1.29 is 0 Å². The van der Waals surface area contributed by atoms with E-state index in [1.807, 2.05) is 0 Å². The molecule has 1 N–H and O–H groups in total. The van der Waals surface area contributed by atoms with Gasteiger partial charge in [0, 0.05) is 36.4 Å². The molecule has 2 aromatic rings. The number of rotatable bonds is 6. The van der Waals surface area contributed by atoms with Crippen LogP contribution in [0.3, 0.4) is 0 Å². The summed E-state index contributed by atoms with van der Waals surface area (Å²) in [5.41, 5.74) is 1.38. The molecule has 0 amide bonds. The Morgan fingerprint density at radius 1 is 0.806 bits per heavy atom. The normalized spacial score (nSPS) is 37.2. The van der Waals surface area contributed by atoms with Crippen molar-refractivity contribution in [1.82, 2.24) is 30.4 Å². The zero-order valence-electron chi connectivity index (χ0n) is 21.7. The molecule has 7 heteroatoms. The van der Waals surface area contributed by atoms with Crippen LogP contribution in [0.2, 0.25) is 0 Å². The Kier molecular flexibility index (Phi) is 6.46. The Bertz CT molecular complexity index is 955. The minimum absolute atomic E-state index is 0.299. The Labute approximate surface area is 216 Å². The molecular weight excluding hydrogens is 446 g/mol. The van der Waals surface area contributed by atoms with Gasteiger partial charge in [-0.25, -0.2) is 5.10 Å². The SMILES string of the molecule is c1ccc(N(CN2CCC[C@H]2c2nnn[nH]2)[C@H]2C[C@H]3CCC[C@@H](C2)N3[C@H]2C[C@@H]3CCC[C@@H](C3)C2)cc1. The van der Waals surface area contributed by atoms with Crippen LogP contribution in [0.15, 0.2) is 30.3 Å². The molecular formula is C29H43N7. The number of tetrazole rings is 1. The summed E-state index contributed by atoms with van der Waals surface area (Å²) in [4.78, 5) is 8.45. The Morgan fingerprint density at radius 2 is 1.56 bits per heavy atom. The molecule has 0 radical (unpaired) electrons. The number of likely N-dealkylation sites (tertiary alicyclic amines) is 1. The Morgan fingerprint density at radius 3 is 2.28 bits per heavy atom. The molecule has 1 aromatic carbocycles. The van der Waals surface area contributed by atoms with Gasteiger partial charge in [0.1, 0.15) is 0 Å². The monoisotopic (exact) mass is 489 g/mol. The Balaban J connectivity index is 1.12. The first-order valence-electron chi connectivity index (χ1n) is 14.9. The van der Waals surface area contributed by atoms with Gasteiger partial charge in [-0.3, -0.25) is 9.80 Å². The van der Waals surface area contributed by atoms with Gasteiger partial charge in [0.05, 0.1) is 12.7 Å². The summed E-state index contributed by atoms with van der Waals surface area (Å²) in [6.45, 7) is 2.08. The topological polar surface area (TPSA) is 64.2 Å². The molecule has 5 aliphatic rings. The maximum atomic E-state index is 4.29. The molecule has 194 valence electrons. The van der Waals surface area contributed by atoms with Gasteiger partial charge in [0.2, 0.25) is 0 Å². The first-order valence-corrected chi connectivity index (χ1v) is 14.9. The third kappa shape index (κ3) is 4.47. The highest BCUT2D eigenvalue weighted by molar-refractivity contribution is 5.47. The fraction of sp³-hybridized carbons (Fsp3) is 0.759. The van der Waals surface area contributed by atoms with Crippen LogP contribution in [-0.2, 0) is 0 Å². The lowest BCUT2D eigenvalue weighted by Crippen LogP contribution is -2.62. The van der Waals surface area contributed by atoms with Crippen LogP contribution in [0.5, 0.6) is 0 Å². The number of para-hydroxylation sites is 1. The van der Waals surface area contributed by atoms with E-state index in [9.17, 15) is 0 Å². The number of nitrogens with one attached hydrogen (secondary N) is 1. The van der Waals surface area contributed by atoms with E-state index in [0.29, 0.717) is 12.1 Å². The van der Waals surface area contributed by atoms with E-state index in [0.717, 1.165) is 55.4 Å². The zero-order chi connectivity index (χ0) is 23.9. The van der Waals surface area contributed by atoms with E-state index in [1.54, 1.807) is 0 Å². The van der Waals surface area contributed by atoms with Crippen molar-refractivity contribution in [2.45, 2.75) is 114 Å². The molecule has 2 aliphatic carbocycles. The van der Waals surface area contributed by atoms with Gasteiger partial charge in [0.25, 0.3) is 0 Å². The minimum Gasteiger partial charge on any atom is -0.355 e. The van der Waals surface area contributed by atoms with Crippen LogP contribution in [0.25, 0.3) is 0 Å².